The van der Waals surface area contributed by atoms with Crippen LogP contribution in [0.4, 0.5) is 0 Å². The summed E-state index contributed by atoms with van der Waals surface area (Å²) in [6.07, 6.45) is 1.86. The number of carbonyl (C=O) groups is 2. The molecule has 1 aliphatic carbocycles. The lowest BCUT2D eigenvalue weighted by Crippen LogP contribution is -2.76. The van der Waals surface area contributed by atoms with Crippen molar-refractivity contribution in [2.24, 2.45) is 17.3 Å². The van der Waals surface area contributed by atoms with E-state index >= 15 is 0 Å². The van der Waals surface area contributed by atoms with E-state index in [1.54, 1.807) is 0 Å². The van der Waals surface area contributed by atoms with Crippen LogP contribution in [0.15, 0.2) is 0 Å². The van der Waals surface area contributed by atoms with Crippen LogP contribution in [0.2, 0.25) is 0 Å². The molecule has 0 aromatic carbocycles. The first-order valence-electron chi connectivity index (χ1n) is 8.51. The minimum atomic E-state index is -1.25. The van der Waals surface area contributed by atoms with E-state index in [2.05, 4.69) is 5.32 Å². The Hall–Kier alpha value is -1.14. The highest BCUT2D eigenvalue weighted by Gasteiger charge is 2.66. The molecule has 2 N–H and O–H groups in total. The largest absolute Gasteiger partial charge is 0.479 e. The Morgan fingerprint density at radius 2 is 1.96 bits per heavy atom. The predicted molar refractivity (Wildman–Crippen MR) is 85.0 cm³/mol. The fourth-order valence-corrected chi connectivity index (χ4v) is 3.79. The van der Waals surface area contributed by atoms with Gasteiger partial charge >= 0.3 is 5.97 Å². The second-order valence-corrected chi connectivity index (χ2v) is 7.31. The molecule has 132 valence electrons. The van der Waals surface area contributed by atoms with Crippen LogP contribution in [0.1, 0.15) is 47.0 Å². The minimum absolute atomic E-state index is 0.151. The molecule has 0 bridgehead atoms. The summed E-state index contributed by atoms with van der Waals surface area (Å²) in [7, 11) is 0. The molecule has 1 aliphatic heterocycles. The third kappa shape index (κ3) is 3.11. The van der Waals surface area contributed by atoms with Crippen LogP contribution in [0, 0.1) is 17.3 Å². The van der Waals surface area contributed by atoms with Crippen molar-refractivity contribution in [2.45, 2.75) is 58.6 Å². The quantitative estimate of drug-likeness (QED) is 0.777. The van der Waals surface area contributed by atoms with Crippen LogP contribution in [0.25, 0.3) is 0 Å². The molecule has 6 nitrogen and oxygen atoms in total. The molecule has 1 saturated heterocycles. The maximum absolute atomic E-state index is 12.7. The average molecular weight is 327 g/mol. The van der Waals surface area contributed by atoms with Crippen molar-refractivity contribution in [1.82, 2.24) is 5.32 Å². The number of hydrogen-bond acceptors (Lipinski definition) is 4. The van der Waals surface area contributed by atoms with Crippen LogP contribution in [-0.2, 0) is 19.1 Å². The Kier molecular flexibility index (Phi) is 5.36. The molecule has 1 heterocycles. The van der Waals surface area contributed by atoms with E-state index in [9.17, 15) is 14.7 Å². The van der Waals surface area contributed by atoms with E-state index < -0.39 is 16.9 Å². The van der Waals surface area contributed by atoms with Gasteiger partial charge in [-0.1, -0.05) is 20.8 Å². The first-order chi connectivity index (χ1) is 10.8. The van der Waals surface area contributed by atoms with Crippen LogP contribution in [-0.4, -0.2) is 48.4 Å². The third-order valence-electron chi connectivity index (χ3n) is 5.85. The first kappa shape index (κ1) is 18.2. The average Bonchev–Trinajstić information content (AvgIpc) is 2.53. The summed E-state index contributed by atoms with van der Waals surface area (Å²) in [5.74, 6) is -1.12. The summed E-state index contributed by atoms with van der Waals surface area (Å²) in [6.45, 7) is 9.36. The molecular weight excluding hydrogens is 298 g/mol. The number of nitrogens with one attached hydrogen (secondary N) is 1. The lowest BCUT2D eigenvalue weighted by Gasteiger charge is -2.58. The van der Waals surface area contributed by atoms with Gasteiger partial charge in [0.2, 0.25) is 5.91 Å². The van der Waals surface area contributed by atoms with Crippen molar-refractivity contribution in [3.63, 3.8) is 0 Å². The molecule has 0 radical (unpaired) electrons. The maximum Gasteiger partial charge on any atom is 0.330 e. The predicted octanol–water partition coefficient (Wildman–Crippen LogP) is 1.82. The van der Waals surface area contributed by atoms with E-state index in [0.717, 1.165) is 12.8 Å². The van der Waals surface area contributed by atoms with Gasteiger partial charge in [-0.2, -0.15) is 0 Å². The highest BCUT2D eigenvalue weighted by molar-refractivity contribution is 5.90. The number of amides is 1. The monoisotopic (exact) mass is 327 g/mol. The number of aliphatic carboxylic acids is 1. The Morgan fingerprint density at radius 3 is 2.43 bits per heavy atom. The molecule has 0 spiro atoms. The molecule has 1 saturated carbocycles. The second-order valence-electron chi connectivity index (χ2n) is 7.31. The number of rotatable bonds is 6. The normalized spacial score (nSPS) is 31.9. The standard InChI is InChI=1S/C17H29NO5/c1-5-23-13-10-17(15(20)21,16(13,3)4)18-14(19)11(2)12-6-8-22-9-7-12/h11-13H,5-10H2,1-4H3,(H,18,19)(H,20,21). The molecule has 23 heavy (non-hydrogen) atoms. The van der Waals surface area contributed by atoms with Gasteiger partial charge in [0.05, 0.1) is 6.10 Å². The van der Waals surface area contributed by atoms with Crippen molar-refractivity contribution >= 4 is 11.9 Å². The molecule has 6 heteroatoms. The molecule has 2 rings (SSSR count). The molecule has 2 fully saturated rings. The zero-order chi connectivity index (χ0) is 17.3. The van der Waals surface area contributed by atoms with Gasteiger partial charge in [0.25, 0.3) is 0 Å². The molecule has 3 atom stereocenters. The molecule has 3 unspecified atom stereocenters. The molecule has 0 aromatic rings. The van der Waals surface area contributed by atoms with Gasteiger partial charge in [0, 0.05) is 37.6 Å². The number of carboxylic acids is 1. The lowest BCUT2D eigenvalue weighted by molar-refractivity contribution is -0.195. The van der Waals surface area contributed by atoms with Crippen molar-refractivity contribution in [3.05, 3.63) is 0 Å². The SMILES string of the molecule is CCOC1CC(NC(=O)C(C)C2CCOCC2)(C(=O)O)C1(C)C. The zero-order valence-electron chi connectivity index (χ0n) is 14.6. The molecular formula is C17H29NO5. The summed E-state index contributed by atoms with van der Waals surface area (Å²) in [4.78, 5) is 24.6. The smallest absolute Gasteiger partial charge is 0.330 e. The van der Waals surface area contributed by atoms with Gasteiger partial charge in [-0.3, -0.25) is 4.79 Å². The fourth-order valence-electron chi connectivity index (χ4n) is 3.79. The van der Waals surface area contributed by atoms with E-state index in [0.29, 0.717) is 26.2 Å². The fraction of sp³-hybridized carbons (Fsp3) is 0.882. The Balaban J connectivity index is 2.08. The van der Waals surface area contributed by atoms with Crippen LogP contribution in [0.5, 0.6) is 0 Å². The van der Waals surface area contributed by atoms with E-state index in [1.165, 1.54) is 0 Å². The van der Waals surface area contributed by atoms with Crippen molar-refractivity contribution in [3.8, 4) is 0 Å². The molecule has 2 aliphatic rings. The topological polar surface area (TPSA) is 84.9 Å². The zero-order valence-corrected chi connectivity index (χ0v) is 14.6. The molecule has 0 aromatic heterocycles. The van der Waals surface area contributed by atoms with Crippen molar-refractivity contribution in [2.75, 3.05) is 19.8 Å². The van der Waals surface area contributed by atoms with Gasteiger partial charge < -0.3 is 19.9 Å². The molecule has 1 amide bonds. The van der Waals surface area contributed by atoms with E-state index in [4.69, 9.17) is 9.47 Å². The Bertz CT molecular complexity index is 458. The highest BCUT2D eigenvalue weighted by Crippen LogP contribution is 2.51. The summed E-state index contributed by atoms with van der Waals surface area (Å²) in [5, 5.41) is 12.6. The summed E-state index contributed by atoms with van der Waals surface area (Å²) in [6, 6.07) is 0. The number of carbonyl (C=O) groups excluding carboxylic acids is 1. The first-order valence-corrected chi connectivity index (χ1v) is 8.51. The number of carboxylic acid groups (broad SMARTS) is 1. The maximum atomic E-state index is 12.7. The van der Waals surface area contributed by atoms with Crippen LogP contribution < -0.4 is 5.32 Å². The Morgan fingerprint density at radius 1 is 1.35 bits per heavy atom. The van der Waals surface area contributed by atoms with Gasteiger partial charge in [-0.05, 0) is 25.7 Å². The van der Waals surface area contributed by atoms with Crippen molar-refractivity contribution < 1.29 is 24.2 Å². The van der Waals surface area contributed by atoms with Gasteiger partial charge in [0.1, 0.15) is 5.54 Å². The second kappa shape index (κ2) is 6.77. The van der Waals surface area contributed by atoms with Crippen LogP contribution >= 0.6 is 0 Å². The van der Waals surface area contributed by atoms with E-state index in [-0.39, 0.29) is 23.8 Å². The minimum Gasteiger partial charge on any atom is -0.479 e. The van der Waals surface area contributed by atoms with Crippen molar-refractivity contribution in [1.29, 1.82) is 0 Å². The number of hydrogen-bond donors (Lipinski definition) is 2. The summed E-state index contributed by atoms with van der Waals surface area (Å²) < 4.78 is 11.0. The summed E-state index contributed by atoms with van der Waals surface area (Å²) >= 11 is 0. The van der Waals surface area contributed by atoms with Crippen LogP contribution in [0.3, 0.4) is 0 Å². The van der Waals surface area contributed by atoms with Gasteiger partial charge in [-0.25, -0.2) is 4.79 Å². The third-order valence-corrected chi connectivity index (χ3v) is 5.85. The highest BCUT2D eigenvalue weighted by atomic mass is 16.5. The summed E-state index contributed by atoms with van der Waals surface area (Å²) in [5.41, 5.74) is -1.89. The number of ether oxygens (including phenoxy) is 2. The van der Waals surface area contributed by atoms with Gasteiger partial charge in [0.15, 0.2) is 0 Å². The van der Waals surface area contributed by atoms with Gasteiger partial charge in [-0.15, -0.1) is 0 Å². The van der Waals surface area contributed by atoms with E-state index in [1.807, 2.05) is 27.7 Å². The Labute approximate surface area is 137 Å². The lowest BCUT2D eigenvalue weighted by atomic mass is 9.54.